The summed E-state index contributed by atoms with van der Waals surface area (Å²) >= 11 is 0. The van der Waals surface area contributed by atoms with Crippen molar-refractivity contribution in [1.82, 2.24) is 0 Å². The second kappa shape index (κ2) is 3.16. The summed E-state index contributed by atoms with van der Waals surface area (Å²) in [5.41, 5.74) is 0. The van der Waals surface area contributed by atoms with Gasteiger partial charge in [0.25, 0.3) is 0 Å². The average molecular weight is 132 g/mol. The Balaban J connectivity index is 2.30. The number of hydrogen-bond acceptors (Lipinski definition) is 1. The van der Waals surface area contributed by atoms with E-state index in [2.05, 4.69) is 6.92 Å². The van der Waals surface area contributed by atoms with E-state index in [-0.39, 0.29) is 12.6 Å². The van der Waals surface area contributed by atoms with Crippen molar-refractivity contribution < 1.29 is 9.13 Å². The third-order valence-electron chi connectivity index (χ3n) is 2.05. The Morgan fingerprint density at radius 2 is 2.44 bits per heavy atom. The summed E-state index contributed by atoms with van der Waals surface area (Å²) in [6.45, 7) is 3.31. The molecule has 2 heteroatoms. The fraction of sp³-hybridized carbons (Fsp3) is 1.00. The van der Waals surface area contributed by atoms with E-state index in [1.807, 2.05) is 0 Å². The quantitative estimate of drug-likeness (QED) is 0.527. The second-order valence-corrected chi connectivity index (χ2v) is 2.76. The number of rotatable bonds is 1. The van der Waals surface area contributed by atoms with Gasteiger partial charge in [0, 0.05) is 12.5 Å². The highest BCUT2D eigenvalue weighted by Crippen LogP contribution is 2.20. The van der Waals surface area contributed by atoms with Crippen LogP contribution in [0.15, 0.2) is 0 Å². The first-order valence-corrected chi connectivity index (χ1v) is 3.48. The van der Waals surface area contributed by atoms with Gasteiger partial charge in [0.05, 0.1) is 13.3 Å². The highest BCUT2D eigenvalue weighted by Gasteiger charge is 2.20. The monoisotopic (exact) mass is 132 g/mol. The fourth-order valence-electron chi connectivity index (χ4n) is 1.10. The van der Waals surface area contributed by atoms with Gasteiger partial charge >= 0.3 is 0 Å². The van der Waals surface area contributed by atoms with Crippen LogP contribution in [0.3, 0.4) is 0 Å². The summed E-state index contributed by atoms with van der Waals surface area (Å²) in [5.74, 6) is 0.683. The Hall–Kier alpha value is -0.110. The van der Waals surface area contributed by atoms with Gasteiger partial charge in [-0.15, -0.1) is 0 Å². The molecule has 0 N–H and O–H groups in total. The van der Waals surface area contributed by atoms with Gasteiger partial charge in [-0.3, -0.25) is 4.39 Å². The van der Waals surface area contributed by atoms with E-state index in [9.17, 15) is 4.39 Å². The Morgan fingerprint density at radius 3 is 2.89 bits per heavy atom. The van der Waals surface area contributed by atoms with Crippen molar-refractivity contribution in [3.8, 4) is 0 Å². The lowest BCUT2D eigenvalue weighted by Crippen LogP contribution is -2.26. The van der Waals surface area contributed by atoms with E-state index in [1.54, 1.807) is 0 Å². The van der Waals surface area contributed by atoms with Crippen molar-refractivity contribution in [1.29, 1.82) is 0 Å². The van der Waals surface area contributed by atoms with Crippen LogP contribution in [0.2, 0.25) is 0 Å². The van der Waals surface area contributed by atoms with E-state index in [0.717, 1.165) is 13.0 Å². The molecule has 0 saturated carbocycles. The molecule has 0 aromatic carbocycles. The summed E-state index contributed by atoms with van der Waals surface area (Å²) in [6.07, 6.45) is 1.02. The molecule has 0 radical (unpaired) electrons. The van der Waals surface area contributed by atoms with Crippen LogP contribution in [0, 0.1) is 11.8 Å². The SMILES string of the molecule is CC1CCOCC1CF. The molecule has 1 fully saturated rings. The average Bonchev–Trinajstić information content (AvgIpc) is 1.89. The molecule has 2 unspecified atom stereocenters. The van der Waals surface area contributed by atoms with Crippen LogP contribution < -0.4 is 0 Å². The van der Waals surface area contributed by atoms with Gasteiger partial charge in [0.1, 0.15) is 0 Å². The lowest BCUT2D eigenvalue weighted by Gasteiger charge is -2.25. The van der Waals surface area contributed by atoms with E-state index in [1.165, 1.54) is 0 Å². The molecule has 1 saturated heterocycles. The Kier molecular flexibility index (Phi) is 2.46. The van der Waals surface area contributed by atoms with Crippen molar-refractivity contribution in [2.75, 3.05) is 19.9 Å². The van der Waals surface area contributed by atoms with Crippen LogP contribution in [0.4, 0.5) is 4.39 Å². The Labute approximate surface area is 55.2 Å². The molecule has 0 aromatic rings. The van der Waals surface area contributed by atoms with Crippen LogP contribution in [-0.2, 0) is 4.74 Å². The third kappa shape index (κ3) is 1.65. The zero-order valence-corrected chi connectivity index (χ0v) is 5.77. The van der Waals surface area contributed by atoms with E-state index >= 15 is 0 Å². The Bertz CT molecular complexity index is 85.0. The smallest absolute Gasteiger partial charge is 0.0947 e. The molecule has 1 nitrogen and oxygen atoms in total. The molecule has 0 amide bonds. The van der Waals surface area contributed by atoms with E-state index < -0.39 is 0 Å². The lowest BCUT2D eigenvalue weighted by molar-refractivity contribution is 0.0130. The molecule has 1 rings (SSSR count). The van der Waals surface area contributed by atoms with Crippen molar-refractivity contribution in [2.24, 2.45) is 11.8 Å². The van der Waals surface area contributed by atoms with Crippen molar-refractivity contribution in [3.05, 3.63) is 0 Å². The molecule has 9 heavy (non-hydrogen) atoms. The first-order valence-electron chi connectivity index (χ1n) is 3.48. The predicted octanol–water partition coefficient (Wildman–Crippen LogP) is 1.63. The first kappa shape index (κ1) is 7.00. The molecule has 1 aliphatic heterocycles. The van der Waals surface area contributed by atoms with Gasteiger partial charge in [-0.2, -0.15) is 0 Å². The molecule has 0 spiro atoms. The molecule has 0 aliphatic carbocycles. The summed E-state index contributed by atoms with van der Waals surface area (Å²) in [5, 5.41) is 0. The summed E-state index contributed by atoms with van der Waals surface area (Å²) in [4.78, 5) is 0. The Morgan fingerprint density at radius 1 is 1.67 bits per heavy atom. The second-order valence-electron chi connectivity index (χ2n) is 2.76. The van der Waals surface area contributed by atoms with Gasteiger partial charge in [0.2, 0.25) is 0 Å². The number of alkyl halides is 1. The van der Waals surface area contributed by atoms with Gasteiger partial charge in [-0.1, -0.05) is 6.92 Å². The minimum atomic E-state index is -0.221. The molecular formula is C7H13FO. The standard InChI is InChI=1S/C7H13FO/c1-6-2-3-9-5-7(6)4-8/h6-7H,2-5H2,1H3. The number of halogens is 1. The maximum absolute atomic E-state index is 12.0. The minimum absolute atomic E-state index is 0.166. The topological polar surface area (TPSA) is 9.23 Å². The van der Waals surface area contributed by atoms with Crippen LogP contribution in [0.25, 0.3) is 0 Å². The zero-order chi connectivity index (χ0) is 6.69. The molecule has 0 aromatic heterocycles. The molecule has 0 bridgehead atoms. The normalized spacial score (nSPS) is 36.7. The molecule has 2 atom stereocenters. The maximum atomic E-state index is 12.0. The first-order chi connectivity index (χ1) is 4.34. The van der Waals surface area contributed by atoms with Gasteiger partial charge < -0.3 is 4.74 Å². The van der Waals surface area contributed by atoms with Gasteiger partial charge in [-0.25, -0.2) is 0 Å². The van der Waals surface area contributed by atoms with Crippen LogP contribution in [0.5, 0.6) is 0 Å². The highest BCUT2D eigenvalue weighted by atomic mass is 19.1. The molecular weight excluding hydrogens is 119 g/mol. The van der Waals surface area contributed by atoms with Crippen LogP contribution in [-0.4, -0.2) is 19.9 Å². The lowest BCUT2D eigenvalue weighted by atomic mass is 9.91. The van der Waals surface area contributed by atoms with Gasteiger partial charge in [-0.05, 0) is 12.3 Å². The summed E-state index contributed by atoms with van der Waals surface area (Å²) in [7, 11) is 0. The van der Waals surface area contributed by atoms with Crippen LogP contribution >= 0.6 is 0 Å². The molecule has 54 valence electrons. The minimum Gasteiger partial charge on any atom is -0.381 e. The number of ether oxygens (including phenoxy) is 1. The van der Waals surface area contributed by atoms with Crippen molar-refractivity contribution in [2.45, 2.75) is 13.3 Å². The molecule has 1 aliphatic rings. The van der Waals surface area contributed by atoms with Crippen LogP contribution in [0.1, 0.15) is 13.3 Å². The van der Waals surface area contributed by atoms with Gasteiger partial charge in [0.15, 0.2) is 0 Å². The predicted molar refractivity (Wildman–Crippen MR) is 34.1 cm³/mol. The summed E-state index contributed by atoms with van der Waals surface area (Å²) < 4.78 is 17.2. The largest absolute Gasteiger partial charge is 0.381 e. The van der Waals surface area contributed by atoms with Crippen molar-refractivity contribution in [3.63, 3.8) is 0 Å². The fourth-order valence-corrected chi connectivity index (χ4v) is 1.10. The highest BCUT2D eigenvalue weighted by molar-refractivity contribution is 4.68. The zero-order valence-electron chi connectivity index (χ0n) is 5.77. The van der Waals surface area contributed by atoms with Crippen molar-refractivity contribution >= 4 is 0 Å². The van der Waals surface area contributed by atoms with E-state index in [4.69, 9.17) is 4.74 Å². The third-order valence-corrected chi connectivity index (χ3v) is 2.05. The number of hydrogen-bond donors (Lipinski definition) is 0. The molecule has 1 heterocycles. The maximum Gasteiger partial charge on any atom is 0.0947 e. The summed E-state index contributed by atoms with van der Waals surface area (Å²) in [6, 6.07) is 0. The van der Waals surface area contributed by atoms with E-state index in [0.29, 0.717) is 12.5 Å².